The Bertz CT molecular complexity index is 1200. The average Bonchev–Trinajstić information content (AvgIpc) is 3.44. The smallest absolute Gasteiger partial charge is 0.248 e. The molecule has 3 fully saturated rings. The molecule has 7 nitrogen and oxygen atoms in total. The minimum absolute atomic E-state index is 0.169. The van der Waals surface area contributed by atoms with Gasteiger partial charge in [0.1, 0.15) is 6.04 Å². The van der Waals surface area contributed by atoms with Crippen molar-refractivity contribution in [2.24, 2.45) is 11.8 Å². The summed E-state index contributed by atoms with van der Waals surface area (Å²) in [6.45, 7) is 3.86. The summed E-state index contributed by atoms with van der Waals surface area (Å²) in [4.78, 5) is 42.9. The number of benzene rings is 2. The van der Waals surface area contributed by atoms with Gasteiger partial charge in [-0.1, -0.05) is 54.1 Å². The molecule has 3 amide bonds. The van der Waals surface area contributed by atoms with Crippen molar-refractivity contribution in [3.05, 3.63) is 65.2 Å². The number of carbonyl (C=O) groups is 3. The Balaban J connectivity index is 1.48. The molecule has 6 atom stereocenters. The van der Waals surface area contributed by atoms with E-state index < -0.39 is 33.4 Å². The number of rotatable bonds is 7. The first-order valence-electron chi connectivity index (χ1n) is 12.2. The summed E-state index contributed by atoms with van der Waals surface area (Å²) in [5, 5.41) is 16.3. The summed E-state index contributed by atoms with van der Waals surface area (Å²) in [5.74, 6) is -1.97. The summed E-state index contributed by atoms with van der Waals surface area (Å²) in [5.41, 5.74) is 1.45. The normalized spacial score (nSPS) is 31.3. The number of hydrogen-bond acceptors (Lipinski definition) is 5. The Morgan fingerprint density at radius 3 is 2.53 bits per heavy atom. The lowest BCUT2D eigenvalue weighted by Gasteiger charge is -2.36. The maximum absolute atomic E-state index is 14.0. The molecule has 3 aliphatic heterocycles. The summed E-state index contributed by atoms with van der Waals surface area (Å²) >= 11 is 7.89. The van der Waals surface area contributed by atoms with Crippen molar-refractivity contribution in [3.8, 4) is 0 Å². The van der Waals surface area contributed by atoms with Crippen LogP contribution in [-0.2, 0) is 20.9 Å². The Kier molecular flexibility index (Phi) is 6.55. The van der Waals surface area contributed by atoms with Crippen molar-refractivity contribution in [2.75, 3.05) is 11.9 Å². The van der Waals surface area contributed by atoms with E-state index in [9.17, 15) is 19.5 Å². The van der Waals surface area contributed by atoms with Crippen LogP contribution in [0.2, 0.25) is 5.02 Å². The summed E-state index contributed by atoms with van der Waals surface area (Å²) in [6.07, 6.45) is 1.37. The molecule has 2 aromatic carbocycles. The van der Waals surface area contributed by atoms with Crippen LogP contribution in [0.15, 0.2) is 54.6 Å². The molecule has 2 aromatic rings. The maximum atomic E-state index is 14.0. The standard InChI is InChI=1S/C27H30ClN3O4S/c1-16(15-32)31-22(24(34)30-19-11-7-6-10-18(19)28)27-13-12-26(2,36-27)20(21(27)25(31)35)23(33)29-14-17-8-4-3-5-9-17/h3-11,16,20-22,32H,12-15H2,1-2H3,(H,29,33)(H,30,34)/t16-,20-,21+,22?,26+,27?/m1/s1. The maximum Gasteiger partial charge on any atom is 0.248 e. The number of anilines is 1. The Morgan fingerprint density at radius 1 is 1.14 bits per heavy atom. The fraction of sp³-hybridized carbons (Fsp3) is 0.444. The lowest BCUT2D eigenvalue weighted by molar-refractivity contribution is -0.142. The summed E-state index contributed by atoms with van der Waals surface area (Å²) in [7, 11) is 0. The van der Waals surface area contributed by atoms with E-state index in [-0.39, 0.29) is 24.3 Å². The van der Waals surface area contributed by atoms with Crippen LogP contribution in [0.4, 0.5) is 5.69 Å². The van der Waals surface area contributed by atoms with Crippen LogP contribution in [0, 0.1) is 11.8 Å². The molecule has 3 saturated heterocycles. The third kappa shape index (κ3) is 3.90. The first kappa shape index (κ1) is 25.1. The van der Waals surface area contributed by atoms with Gasteiger partial charge in [-0.2, -0.15) is 0 Å². The van der Waals surface area contributed by atoms with Gasteiger partial charge >= 0.3 is 0 Å². The second-order valence-corrected chi connectivity index (χ2v) is 12.5. The lowest BCUT2D eigenvalue weighted by Crippen LogP contribution is -2.54. The zero-order valence-electron chi connectivity index (χ0n) is 20.2. The highest BCUT2D eigenvalue weighted by atomic mass is 35.5. The molecule has 190 valence electrons. The van der Waals surface area contributed by atoms with Gasteiger partial charge in [-0.15, -0.1) is 11.8 Å². The Morgan fingerprint density at radius 2 is 1.83 bits per heavy atom. The third-order valence-corrected chi connectivity index (χ3v) is 10.2. The monoisotopic (exact) mass is 527 g/mol. The highest BCUT2D eigenvalue weighted by Crippen LogP contribution is 2.71. The number of carbonyl (C=O) groups excluding carboxylic acids is 3. The molecule has 1 spiro atoms. The molecule has 9 heteroatoms. The molecule has 0 saturated carbocycles. The summed E-state index contributed by atoms with van der Waals surface area (Å²) < 4.78 is -1.21. The van der Waals surface area contributed by atoms with Gasteiger partial charge in [0.25, 0.3) is 0 Å². The minimum atomic E-state index is -0.827. The van der Waals surface area contributed by atoms with Crippen molar-refractivity contribution >= 4 is 46.8 Å². The number of amides is 3. The first-order chi connectivity index (χ1) is 17.2. The molecule has 3 N–H and O–H groups in total. The minimum Gasteiger partial charge on any atom is -0.394 e. The Labute approximate surface area is 220 Å². The number of fused-ring (bicyclic) bond motifs is 1. The van der Waals surface area contributed by atoms with Crippen molar-refractivity contribution in [1.82, 2.24) is 10.2 Å². The van der Waals surface area contributed by atoms with Crippen LogP contribution in [0.5, 0.6) is 0 Å². The van der Waals surface area contributed by atoms with E-state index in [1.54, 1.807) is 43.0 Å². The molecule has 2 unspecified atom stereocenters. The molecular formula is C27H30ClN3O4S. The average molecular weight is 528 g/mol. The number of halogens is 1. The topological polar surface area (TPSA) is 98.7 Å². The predicted octanol–water partition coefficient (Wildman–Crippen LogP) is 3.46. The molecule has 0 radical (unpaired) electrons. The fourth-order valence-corrected chi connectivity index (χ4v) is 8.81. The van der Waals surface area contributed by atoms with Gasteiger partial charge in [0, 0.05) is 11.3 Å². The van der Waals surface area contributed by atoms with E-state index in [1.807, 2.05) is 37.3 Å². The van der Waals surface area contributed by atoms with E-state index in [0.717, 1.165) is 12.0 Å². The second kappa shape index (κ2) is 9.39. The van der Waals surface area contributed by atoms with E-state index >= 15 is 0 Å². The quantitative estimate of drug-likeness (QED) is 0.512. The molecule has 3 aliphatic rings. The Hall–Kier alpha value is -2.55. The number of aliphatic hydroxyl groups is 1. The van der Waals surface area contributed by atoms with E-state index in [1.165, 1.54) is 4.90 Å². The zero-order valence-corrected chi connectivity index (χ0v) is 21.8. The number of nitrogens with zero attached hydrogens (tertiary/aromatic N) is 1. The van der Waals surface area contributed by atoms with Crippen molar-refractivity contribution < 1.29 is 19.5 Å². The van der Waals surface area contributed by atoms with Crippen molar-refractivity contribution in [1.29, 1.82) is 0 Å². The van der Waals surface area contributed by atoms with E-state index in [2.05, 4.69) is 10.6 Å². The molecule has 36 heavy (non-hydrogen) atoms. The summed E-state index contributed by atoms with van der Waals surface area (Å²) in [6, 6.07) is 15.2. The molecular weight excluding hydrogens is 498 g/mol. The number of aliphatic hydroxyl groups excluding tert-OH is 1. The molecule has 5 rings (SSSR count). The van der Waals surface area contributed by atoms with Gasteiger partial charge in [0.2, 0.25) is 17.7 Å². The van der Waals surface area contributed by atoms with E-state index in [0.29, 0.717) is 23.7 Å². The molecule has 3 heterocycles. The van der Waals surface area contributed by atoms with Crippen LogP contribution in [0.1, 0.15) is 32.3 Å². The predicted molar refractivity (Wildman–Crippen MR) is 140 cm³/mol. The van der Waals surface area contributed by atoms with E-state index in [4.69, 9.17) is 11.6 Å². The van der Waals surface area contributed by atoms with Crippen LogP contribution >= 0.6 is 23.4 Å². The number of likely N-dealkylation sites (tertiary alicyclic amines) is 1. The van der Waals surface area contributed by atoms with Crippen molar-refractivity contribution in [2.45, 2.75) is 54.8 Å². The van der Waals surface area contributed by atoms with Crippen LogP contribution in [0.25, 0.3) is 0 Å². The highest BCUT2D eigenvalue weighted by molar-refractivity contribution is 8.02. The van der Waals surface area contributed by atoms with Gasteiger partial charge < -0.3 is 20.6 Å². The fourth-order valence-electron chi connectivity index (χ4n) is 6.29. The molecule has 0 aliphatic carbocycles. The van der Waals surface area contributed by atoms with Crippen LogP contribution in [-0.4, -0.2) is 55.9 Å². The zero-order chi connectivity index (χ0) is 25.7. The van der Waals surface area contributed by atoms with Crippen LogP contribution in [0.3, 0.4) is 0 Å². The SMILES string of the molecule is C[C@H](CO)N1C(=O)[C@@H]2[C@H](C(=O)NCc3ccccc3)[C@]3(C)CCC2(S3)C1C(=O)Nc1ccccc1Cl. The largest absolute Gasteiger partial charge is 0.394 e. The molecule has 0 aromatic heterocycles. The third-order valence-electron chi connectivity index (χ3n) is 7.93. The molecule has 2 bridgehead atoms. The lowest BCUT2D eigenvalue weighted by atomic mass is 9.66. The first-order valence-corrected chi connectivity index (χ1v) is 13.4. The number of para-hydroxylation sites is 1. The highest BCUT2D eigenvalue weighted by Gasteiger charge is 2.77. The van der Waals surface area contributed by atoms with Crippen LogP contribution < -0.4 is 10.6 Å². The van der Waals surface area contributed by atoms with Crippen molar-refractivity contribution in [3.63, 3.8) is 0 Å². The van der Waals surface area contributed by atoms with Gasteiger partial charge in [-0.3, -0.25) is 14.4 Å². The number of hydrogen-bond donors (Lipinski definition) is 3. The number of thioether (sulfide) groups is 1. The number of nitrogens with one attached hydrogen (secondary N) is 2. The van der Waals surface area contributed by atoms with Gasteiger partial charge in [0.15, 0.2) is 0 Å². The van der Waals surface area contributed by atoms with Gasteiger partial charge in [0.05, 0.1) is 39.9 Å². The van der Waals surface area contributed by atoms with Gasteiger partial charge in [-0.25, -0.2) is 0 Å². The second-order valence-electron chi connectivity index (χ2n) is 10.2. The van der Waals surface area contributed by atoms with Gasteiger partial charge in [-0.05, 0) is 44.4 Å².